The van der Waals surface area contributed by atoms with Crippen molar-refractivity contribution < 1.29 is 37.5 Å². The molecule has 354 valence electrons. The molecule has 3 saturated heterocycles. The number of rotatable bonds is 8. The lowest BCUT2D eigenvalue weighted by Crippen LogP contribution is -2.52. The summed E-state index contributed by atoms with van der Waals surface area (Å²) in [5, 5.41) is 13.0. The number of fused-ring (bicyclic) bond motifs is 3. The van der Waals surface area contributed by atoms with E-state index in [-0.39, 0.29) is 59.0 Å². The van der Waals surface area contributed by atoms with Crippen LogP contribution in [0, 0.1) is 34.8 Å². The summed E-state index contributed by atoms with van der Waals surface area (Å²) >= 11 is 12.9. The standard InChI is InChI=1S/C52H52Cl2F2N6O6/c1-51(2,3)24-42-52(27-57-39-22-31(53)14-15-36(39)52)44(33-11-6-12-37(54)45(33)56)46(59-42)48(65)58-38-16-13-30(21-41(38)68-4)49(66)61-19-7-9-28(25-61)8-5-10-29-20-32(55)23-34-35(29)26-62(50(34)67)40-17-18-43(63)60-47(40)64/h6,11-16,20-23,28,40,42,44,46,57,59H,7-9,17-19,24-27H2,1-4H3,(H,58,65)(H,60,63,64)/t28-,40?,42+,44+,46-,52+/m1/s1. The molecule has 12 nitrogen and oxygen atoms in total. The minimum absolute atomic E-state index is 0.0180. The minimum Gasteiger partial charge on any atom is -0.495 e. The molecule has 5 heterocycles. The topological polar surface area (TPSA) is 149 Å². The zero-order valence-electron chi connectivity index (χ0n) is 38.2. The van der Waals surface area contributed by atoms with Crippen molar-refractivity contribution in [2.75, 3.05) is 37.4 Å². The number of carbonyl (C=O) groups excluding carboxylic acids is 5. The molecule has 9 rings (SSSR count). The maximum Gasteiger partial charge on any atom is 0.255 e. The number of hydrogen-bond donors (Lipinski definition) is 4. The highest BCUT2D eigenvalue weighted by Gasteiger charge is 2.61. The smallest absolute Gasteiger partial charge is 0.255 e. The number of ether oxygens (including phenoxy) is 1. The maximum atomic E-state index is 16.3. The van der Waals surface area contributed by atoms with Crippen molar-refractivity contribution in [1.29, 1.82) is 0 Å². The van der Waals surface area contributed by atoms with Crippen LogP contribution in [0.2, 0.25) is 10.0 Å². The molecule has 5 aliphatic rings. The Balaban J connectivity index is 0.916. The third-order valence-corrected chi connectivity index (χ3v) is 14.6. The number of hydrogen-bond acceptors (Lipinski definition) is 8. The highest BCUT2D eigenvalue weighted by Crippen LogP contribution is 2.57. The Kier molecular flexibility index (Phi) is 12.8. The Labute approximate surface area is 403 Å². The molecular weight excluding hydrogens is 914 g/mol. The van der Waals surface area contributed by atoms with Gasteiger partial charge in [0.2, 0.25) is 17.7 Å². The predicted molar refractivity (Wildman–Crippen MR) is 255 cm³/mol. The first-order valence-electron chi connectivity index (χ1n) is 22.9. The SMILES string of the molecule is COc1cc(C(=O)N2CCC[C@@H](CC#Cc3cc(F)cc4c3CN(C3CCC(=O)NC3=O)C4=O)C2)ccc1NC(=O)[C@@H]1N[C@@H](CC(C)(C)C)[C@@]2(CNc3cc(Cl)ccc32)[C@H]1c1cccc(Cl)c1F. The summed E-state index contributed by atoms with van der Waals surface area (Å²) < 4.78 is 36.9. The van der Waals surface area contributed by atoms with Gasteiger partial charge >= 0.3 is 0 Å². The molecule has 4 aromatic carbocycles. The summed E-state index contributed by atoms with van der Waals surface area (Å²) in [5.74, 6) is 2.55. The van der Waals surface area contributed by atoms with Gasteiger partial charge in [0.1, 0.15) is 23.4 Å². The van der Waals surface area contributed by atoms with E-state index in [0.29, 0.717) is 65.4 Å². The van der Waals surface area contributed by atoms with Crippen LogP contribution in [0.5, 0.6) is 5.75 Å². The van der Waals surface area contributed by atoms with Gasteiger partial charge in [0.05, 0.1) is 23.9 Å². The fourth-order valence-electron chi connectivity index (χ4n) is 11.0. The van der Waals surface area contributed by atoms with Gasteiger partial charge in [0, 0.05) is 89.4 Å². The summed E-state index contributed by atoms with van der Waals surface area (Å²) in [7, 11) is 1.46. The average molecular weight is 966 g/mol. The molecule has 0 aliphatic carbocycles. The van der Waals surface area contributed by atoms with Gasteiger partial charge in [-0.2, -0.15) is 0 Å². The number of nitrogens with one attached hydrogen (secondary N) is 4. The summed E-state index contributed by atoms with van der Waals surface area (Å²) in [6.07, 6.45) is 2.93. The van der Waals surface area contributed by atoms with Crippen molar-refractivity contribution in [3.8, 4) is 17.6 Å². The number of benzene rings is 4. The van der Waals surface area contributed by atoms with Crippen LogP contribution in [0.3, 0.4) is 0 Å². The highest BCUT2D eigenvalue weighted by molar-refractivity contribution is 6.31. The van der Waals surface area contributed by atoms with Crippen molar-refractivity contribution in [3.63, 3.8) is 0 Å². The molecule has 1 unspecified atom stereocenters. The Morgan fingerprint density at radius 2 is 1.82 bits per heavy atom. The normalized spacial score (nSPS) is 24.2. The lowest BCUT2D eigenvalue weighted by atomic mass is 9.63. The molecule has 1 spiro atoms. The van der Waals surface area contributed by atoms with Crippen LogP contribution in [0.4, 0.5) is 20.2 Å². The maximum absolute atomic E-state index is 16.3. The van der Waals surface area contributed by atoms with Gasteiger partial charge in [-0.25, -0.2) is 8.78 Å². The van der Waals surface area contributed by atoms with Crippen molar-refractivity contribution in [3.05, 3.63) is 122 Å². The van der Waals surface area contributed by atoms with Crippen LogP contribution in [0.1, 0.15) is 108 Å². The van der Waals surface area contributed by atoms with E-state index < -0.39 is 58.7 Å². The van der Waals surface area contributed by atoms with E-state index in [1.165, 1.54) is 24.1 Å². The summed E-state index contributed by atoms with van der Waals surface area (Å²) in [4.78, 5) is 69.6. The van der Waals surface area contributed by atoms with Crippen molar-refractivity contribution in [2.45, 2.75) is 95.3 Å². The molecule has 0 bridgehead atoms. The van der Waals surface area contributed by atoms with Gasteiger partial charge in [-0.05, 0) is 96.7 Å². The van der Waals surface area contributed by atoms with Crippen LogP contribution in [-0.2, 0) is 26.3 Å². The molecule has 0 aromatic heterocycles. The number of piperidine rings is 2. The zero-order valence-corrected chi connectivity index (χ0v) is 39.7. The van der Waals surface area contributed by atoms with E-state index in [1.807, 2.05) is 18.2 Å². The third-order valence-electron chi connectivity index (χ3n) is 14.1. The van der Waals surface area contributed by atoms with E-state index in [0.717, 1.165) is 30.2 Å². The molecule has 16 heteroatoms. The summed E-state index contributed by atoms with van der Waals surface area (Å²) in [6, 6.07) is 15.8. The lowest BCUT2D eigenvalue weighted by molar-refractivity contribution is -0.137. The monoisotopic (exact) mass is 964 g/mol. The molecule has 4 aromatic rings. The first-order valence-corrected chi connectivity index (χ1v) is 23.7. The van der Waals surface area contributed by atoms with Crippen LogP contribution < -0.4 is 26.0 Å². The predicted octanol–water partition coefficient (Wildman–Crippen LogP) is 8.20. The first-order chi connectivity index (χ1) is 32.4. The largest absolute Gasteiger partial charge is 0.495 e. The van der Waals surface area contributed by atoms with Gasteiger partial charge in [0.15, 0.2) is 0 Å². The molecule has 5 amide bonds. The Morgan fingerprint density at radius 3 is 2.59 bits per heavy atom. The highest BCUT2D eigenvalue weighted by atomic mass is 35.5. The average Bonchev–Trinajstić information content (AvgIpc) is 3.94. The number of anilines is 2. The Hall–Kier alpha value is -6.01. The van der Waals surface area contributed by atoms with E-state index in [9.17, 15) is 28.4 Å². The molecule has 6 atom stereocenters. The molecule has 0 radical (unpaired) electrons. The second kappa shape index (κ2) is 18.5. The zero-order chi connectivity index (χ0) is 48.2. The molecular formula is C52H52Cl2F2N6O6. The number of carbonyl (C=O) groups is 5. The first kappa shape index (κ1) is 47.1. The van der Waals surface area contributed by atoms with E-state index in [4.69, 9.17) is 27.9 Å². The quantitative estimate of drug-likeness (QED) is 0.102. The van der Waals surface area contributed by atoms with Crippen LogP contribution in [0.25, 0.3) is 0 Å². The van der Waals surface area contributed by atoms with Crippen LogP contribution >= 0.6 is 23.2 Å². The molecule has 5 aliphatic heterocycles. The van der Waals surface area contributed by atoms with Crippen molar-refractivity contribution >= 4 is 64.1 Å². The van der Waals surface area contributed by atoms with Crippen molar-refractivity contribution in [1.82, 2.24) is 20.4 Å². The fourth-order valence-corrected chi connectivity index (χ4v) is 11.4. The third kappa shape index (κ3) is 8.80. The number of nitrogens with zero attached hydrogens (tertiary/aromatic N) is 2. The molecule has 0 saturated carbocycles. The molecule has 4 N–H and O–H groups in total. The lowest BCUT2D eigenvalue weighted by Gasteiger charge is -2.39. The number of likely N-dealkylation sites (tertiary alicyclic amines) is 1. The minimum atomic E-state index is -0.921. The van der Waals surface area contributed by atoms with Gasteiger partial charge < -0.3 is 30.5 Å². The van der Waals surface area contributed by atoms with Gasteiger partial charge in [-0.1, -0.05) is 74.0 Å². The Morgan fingerprint density at radius 1 is 1.01 bits per heavy atom. The van der Waals surface area contributed by atoms with E-state index >= 15 is 4.39 Å². The Bertz CT molecular complexity index is 2820. The second-order valence-electron chi connectivity index (χ2n) is 19.7. The van der Waals surface area contributed by atoms with Gasteiger partial charge in [0.25, 0.3) is 11.8 Å². The molecule has 3 fully saturated rings. The number of amides is 5. The van der Waals surface area contributed by atoms with E-state index in [1.54, 1.807) is 35.2 Å². The van der Waals surface area contributed by atoms with Gasteiger partial charge in [-0.3, -0.25) is 29.3 Å². The van der Waals surface area contributed by atoms with Crippen LogP contribution in [0.15, 0.2) is 66.7 Å². The summed E-state index contributed by atoms with van der Waals surface area (Å²) in [5.41, 5.74) is 2.87. The number of imide groups is 1. The fraction of sp³-hybridized carbons (Fsp3) is 0.404. The number of halogens is 4. The van der Waals surface area contributed by atoms with Crippen molar-refractivity contribution in [2.24, 2.45) is 11.3 Å². The van der Waals surface area contributed by atoms with Gasteiger partial charge in [-0.15, -0.1) is 0 Å². The second-order valence-corrected chi connectivity index (χ2v) is 20.6. The molecule has 68 heavy (non-hydrogen) atoms. The van der Waals surface area contributed by atoms with E-state index in [2.05, 4.69) is 53.9 Å². The van der Waals surface area contributed by atoms with Crippen LogP contribution in [-0.4, -0.2) is 84.2 Å². The summed E-state index contributed by atoms with van der Waals surface area (Å²) in [6.45, 7) is 7.84. The number of methoxy groups -OCH3 is 1.